The molecule has 1 aliphatic rings. The van der Waals surface area contributed by atoms with Gasteiger partial charge in [-0.05, 0) is 42.0 Å². The Morgan fingerprint density at radius 2 is 1.94 bits per heavy atom. The third-order valence-electron chi connectivity index (χ3n) is 4.79. The Morgan fingerprint density at radius 3 is 2.79 bits per heavy atom. The van der Waals surface area contributed by atoms with Gasteiger partial charge in [0.05, 0.1) is 12.3 Å². The summed E-state index contributed by atoms with van der Waals surface area (Å²) in [4.78, 5) is 21.3. The Labute approximate surface area is 198 Å². The molecule has 0 bridgehead atoms. The van der Waals surface area contributed by atoms with E-state index >= 15 is 0 Å². The Balaban J connectivity index is 1.32. The van der Waals surface area contributed by atoms with Gasteiger partial charge in [-0.3, -0.25) is 9.78 Å². The van der Waals surface area contributed by atoms with Crippen LogP contribution in [0.5, 0.6) is 11.5 Å². The van der Waals surface area contributed by atoms with Crippen molar-refractivity contribution in [3.8, 4) is 22.9 Å². The van der Waals surface area contributed by atoms with Gasteiger partial charge in [0.2, 0.25) is 12.7 Å². The number of halogens is 1. The van der Waals surface area contributed by atoms with Crippen LogP contribution < -0.4 is 14.8 Å². The van der Waals surface area contributed by atoms with E-state index in [1.54, 1.807) is 35.3 Å². The van der Waals surface area contributed by atoms with Crippen molar-refractivity contribution in [2.45, 2.75) is 11.7 Å². The zero-order valence-corrected chi connectivity index (χ0v) is 18.8. The molecule has 3 heterocycles. The second-order valence-corrected chi connectivity index (χ2v) is 8.53. The normalized spacial score (nSPS) is 12.0. The van der Waals surface area contributed by atoms with Gasteiger partial charge < -0.3 is 14.8 Å². The van der Waals surface area contributed by atoms with Crippen LogP contribution >= 0.6 is 23.4 Å². The van der Waals surface area contributed by atoms with Crippen LogP contribution in [-0.2, 0) is 11.3 Å². The molecule has 2 aromatic heterocycles. The molecule has 1 aliphatic heterocycles. The third-order valence-corrected chi connectivity index (χ3v) is 5.99. The van der Waals surface area contributed by atoms with Gasteiger partial charge in [0.1, 0.15) is 0 Å². The first-order valence-electron chi connectivity index (χ1n) is 10.1. The van der Waals surface area contributed by atoms with E-state index in [0.717, 1.165) is 11.1 Å². The van der Waals surface area contributed by atoms with Gasteiger partial charge in [-0.25, -0.2) is 9.67 Å². The monoisotopic (exact) mass is 479 g/mol. The van der Waals surface area contributed by atoms with E-state index in [-0.39, 0.29) is 18.5 Å². The maximum Gasteiger partial charge on any atom is 0.234 e. The van der Waals surface area contributed by atoms with Gasteiger partial charge in [-0.2, -0.15) is 0 Å². The van der Waals surface area contributed by atoms with Crippen molar-refractivity contribution in [3.63, 3.8) is 0 Å². The summed E-state index contributed by atoms with van der Waals surface area (Å²) in [7, 11) is 0. The van der Waals surface area contributed by atoms with Crippen LogP contribution in [-0.4, -0.2) is 38.2 Å². The Morgan fingerprint density at radius 1 is 1.09 bits per heavy atom. The number of hydrogen-bond donors (Lipinski definition) is 1. The summed E-state index contributed by atoms with van der Waals surface area (Å²) in [6.07, 6.45) is 3.39. The number of aromatic nitrogens is 4. The SMILES string of the molecule is O=C(CSc1nc(-c2ccncc2)nn1Cc1cccc(Cl)c1)Nc1ccc2c(c1)OCO2. The van der Waals surface area contributed by atoms with E-state index in [1.807, 2.05) is 36.4 Å². The number of carbonyl (C=O) groups excluding carboxylic acids is 1. The molecular formula is C23H18ClN5O3S. The lowest BCUT2D eigenvalue weighted by molar-refractivity contribution is -0.113. The van der Waals surface area contributed by atoms with Crippen LogP contribution in [0.4, 0.5) is 5.69 Å². The second kappa shape index (κ2) is 9.51. The summed E-state index contributed by atoms with van der Waals surface area (Å²) < 4.78 is 12.4. The molecule has 1 N–H and O–H groups in total. The third kappa shape index (κ3) is 5.10. The molecule has 0 fully saturated rings. The van der Waals surface area contributed by atoms with Crippen molar-refractivity contribution in [2.24, 2.45) is 0 Å². The number of fused-ring (bicyclic) bond motifs is 1. The fourth-order valence-electron chi connectivity index (χ4n) is 3.27. The van der Waals surface area contributed by atoms with Gasteiger partial charge >= 0.3 is 0 Å². The number of amides is 1. The fourth-order valence-corrected chi connectivity index (χ4v) is 4.22. The van der Waals surface area contributed by atoms with Gasteiger partial charge in [0.15, 0.2) is 22.5 Å². The minimum absolute atomic E-state index is 0.165. The first-order chi connectivity index (χ1) is 16.1. The van der Waals surface area contributed by atoms with Crippen molar-refractivity contribution in [1.82, 2.24) is 19.7 Å². The van der Waals surface area contributed by atoms with Crippen molar-refractivity contribution in [3.05, 3.63) is 77.6 Å². The van der Waals surface area contributed by atoms with Crippen LogP contribution in [0.1, 0.15) is 5.56 Å². The van der Waals surface area contributed by atoms with E-state index in [4.69, 9.17) is 21.1 Å². The first-order valence-corrected chi connectivity index (χ1v) is 11.4. The van der Waals surface area contributed by atoms with Crippen molar-refractivity contribution >= 4 is 35.0 Å². The predicted octanol–water partition coefficient (Wildman–Crippen LogP) is 4.50. The van der Waals surface area contributed by atoms with Crippen LogP contribution in [0.15, 0.2) is 72.1 Å². The molecule has 0 radical (unpaired) electrons. The molecule has 166 valence electrons. The molecule has 5 rings (SSSR count). The predicted molar refractivity (Wildman–Crippen MR) is 126 cm³/mol. The largest absolute Gasteiger partial charge is 0.454 e. The van der Waals surface area contributed by atoms with E-state index in [2.05, 4.69) is 20.4 Å². The molecule has 0 saturated heterocycles. The molecule has 33 heavy (non-hydrogen) atoms. The second-order valence-electron chi connectivity index (χ2n) is 7.15. The quantitative estimate of drug-likeness (QED) is 0.390. The number of benzene rings is 2. The molecule has 2 aromatic carbocycles. The highest BCUT2D eigenvalue weighted by molar-refractivity contribution is 7.99. The average Bonchev–Trinajstić information content (AvgIpc) is 3.45. The maximum atomic E-state index is 12.6. The van der Waals surface area contributed by atoms with Crippen molar-refractivity contribution in [2.75, 3.05) is 17.9 Å². The summed E-state index contributed by atoms with van der Waals surface area (Å²) in [6.45, 7) is 0.662. The van der Waals surface area contributed by atoms with Crippen LogP contribution in [0, 0.1) is 0 Å². The number of pyridine rings is 1. The number of ether oxygens (including phenoxy) is 2. The van der Waals surface area contributed by atoms with Crippen LogP contribution in [0.3, 0.4) is 0 Å². The van der Waals surface area contributed by atoms with E-state index < -0.39 is 0 Å². The Kier molecular flexibility index (Phi) is 6.14. The molecule has 0 aliphatic carbocycles. The highest BCUT2D eigenvalue weighted by Crippen LogP contribution is 2.34. The number of carbonyl (C=O) groups is 1. The average molecular weight is 480 g/mol. The lowest BCUT2D eigenvalue weighted by Gasteiger charge is -2.07. The van der Waals surface area contributed by atoms with Crippen LogP contribution in [0.25, 0.3) is 11.4 Å². The van der Waals surface area contributed by atoms with E-state index in [0.29, 0.717) is 39.7 Å². The number of nitrogens with one attached hydrogen (secondary N) is 1. The summed E-state index contributed by atoms with van der Waals surface area (Å²) in [5.41, 5.74) is 2.48. The molecule has 0 unspecified atom stereocenters. The number of hydrogen-bond acceptors (Lipinski definition) is 7. The molecule has 8 nitrogen and oxygen atoms in total. The van der Waals surface area contributed by atoms with Crippen molar-refractivity contribution in [1.29, 1.82) is 0 Å². The molecule has 0 saturated carbocycles. The minimum Gasteiger partial charge on any atom is -0.454 e. The summed E-state index contributed by atoms with van der Waals surface area (Å²) >= 11 is 7.45. The summed E-state index contributed by atoms with van der Waals surface area (Å²) in [6, 6.07) is 16.6. The van der Waals surface area contributed by atoms with Gasteiger partial charge in [0, 0.05) is 34.7 Å². The zero-order chi connectivity index (χ0) is 22.6. The molecular weight excluding hydrogens is 462 g/mol. The number of anilines is 1. The van der Waals surface area contributed by atoms with Gasteiger partial charge in [-0.15, -0.1) is 5.10 Å². The minimum atomic E-state index is -0.165. The molecule has 10 heteroatoms. The lowest BCUT2D eigenvalue weighted by atomic mass is 10.2. The van der Waals surface area contributed by atoms with Crippen molar-refractivity contribution < 1.29 is 14.3 Å². The first kappa shape index (κ1) is 21.3. The maximum absolute atomic E-state index is 12.6. The molecule has 4 aromatic rings. The smallest absolute Gasteiger partial charge is 0.234 e. The van der Waals surface area contributed by atoms with E-state index in [9.17, 15) is 4.79 Å². The molecule has 1 amide bonds. The zero-order valence-electron chi connectivity index (χ0n) is 17.3. The topological polar surface area (TPSA) is 91.2 Å². The van der Waals surface area contributed by atoms with Crippen LogP contribution in [0.2, 0.25) is 5.02 Å². The summed E-state index contributed by atoms with van der Waals surface area (Å²) in [5.74, 6) is 1.85. The Hall–Kier alpha value is -3.56. The summed E-state index contributed by atoms with van der Waals surface area (Å²) in [5, 5.41) is 8.82. The van der Waals surface area contributed by atoms with Gasteiger partial charge in [0.25, 0.3) is 0 Å². The highest BCUT2D eigenvalue weighted by atomic mass is 35.5. The fraction of sp³-hybridized carbons (Fsp3) is 0.130. The molecule has 0 spiro atoms. The van der Waals surface area contributed by atoms with Gasteiger partial charge in [-0.1, -0.05) is 35.5 Å². The highest BCUT2D eigenvalue weighted by Gasteiger charge is 2.17. The standard InChI is InChI=1S/C23H18ClN5O3S/c24-17-3-1-2-15(10-17)12-29-23(27-22(28-29)16-6-8-25-9-7-16)33-13-21(30)26-18-4-5-19-20(11-18)32-14-31-19/h1-11H,12-14H2,(H,26,30). The number of rotatable bonds is 7. The number of nitrogens with zero attached hydrogens (tertiary/aromatic N) is 4. The molecule has 0 atom stereocenters. The van der Waals surface area contributed by atoms with E-state index in [1.165, 1.54) is 11.8 Å². The lowest BCUT2D eigenvalue weighted by Crippen LogP contribution is -2.14. The Bertz CT molecular complexity index is 1300. The number of thioether (sulfide) groups is 1.